The molecular weight excluding hydrogens is 252 g/mol. The molecule has 5 atom stereocenters. The van der Waals surface area contributed by atoms with E-state index in [1.807, 2.05) is 0 Å². The maximum Gasteiger partial charge on any atom is 0.293 e. The van der Waals surface area contributed by atoms with Crippen LogP contribution in [0.25, 0.3) is 0 Å². The first-order chi connectivity index (χ1) is 8.93. The second-order valence-corrected chi connectivity index (χ2v) is 4.79. The normalized spacial score (nSPS) is 35.1. The van der Waals surface area contributed by atoms with E-state index in [1.54, 1.807) is 13.8 Å². The number of aromatic nitrogens is 1. The van der Waals surface area contributed by atoms with Crippen LogP contribution in [0, 0.1) is 16.0 Å². The molecule has 1 aliphatic heterocycles. The number of nitro groups is 1. The second-order valence-electron chi connectivity index (χ2n) is 4.79. The smallest absolute Gasteiger partial charge is 0.293 e. The van der Waals surface area contributed by atoms with Gasteiger partial charge < -0.3 is 14.9 Å². The molecule has 0 unspecified atom stereocenters. The molecule has 19 heavy (non-hydrogen) atoms. The first-order valence-corrected chi connectivity index (χ1v) is 6.03. The minimum Gasteiger partial charge on any atom is -0.390 e. The number of pyridine rings is 1. The Morgan fingerprint density at radius 3 is 2.68 bits per heavy atom. The summed E-state index contributed by atoms with van der Waals surface area (Å²) in [7, 11) is 0. The minimum atomic E-state index is -0.993. The molecule has 2 heterocycles. The van der Waals surface area contributed by atoms with E-state index in [9.17, 15) is 20.3 Å². The molecule has 2 rings (SSSR count). The molecular formula is C12H16N2O5. The van der Waals surface area contributed by atoms with Crippen molar-refractivity contribution in [3.63, 3.8) is 0 Å². The predicted molar refractivity (Wildman–Crippen MR) is 65.4 cm³/mol. The van der Waals surface area contributed by atoms with Crippen molar-refractivity contribution in [2.24, 2.45) is 5.92 Å². The van der Waals surface area contributed by atoms with Gasteiger partial charge in [0.2, 0.25) is 0 Å². The maximum absolute atomic E-state index is 11.0. The van der Waals surface area contributed by atoms with Crippen LogP contribution >= 0.6 is 0 Å². The highest BCUT2D eigenvalue weighted by Gasteiger charge is 2.42. The van der Waals surface area contributed by atoms with E-state index in [0.29, 0.717) is 5.56 Å². The van der Waals surface area contributed by atoms with Gasteiger partial charge in [-0.25, -0.2) is 0 Å². The highest BCUT2D eigenvalue weighted by atomic mass is 16.6. The number of ether oxygens (including phenoxy) is 1. The predicted octanol–water partition coefficient (Wildman–Crippen LogP) is 0.807. The highest BCUT2D eigenvalue weighted by molar-refractivity contribution is 5.39. The van der Waals surface area contributed by atoms with Gasteiger partial charge in [0, 0.05) is 12.1 Å². The number of hydrogen-bond donors (Lipinski definition) is 2. The molecule has 2 N–H and O–H groups in total. The molecule has 0 amide bonds. The quantitative estimate of drug-likeness (QED) is 0.607. The van der Waals surface area contributed by atoms with Crippen LogP contribution in [0.3, 0.4) is 0 Å². The number of hydrogen-bond acceptors (Lipinski definition) is 6. The summed E-state index contributed by atoms with van der Waals surface area (Å²) in [6, 6.07) is 1.51. The SMILES string of the molecule is C[C@H]1[C@@H](O)[C@@H](O)[C@@H](C)O[C@H]1c1ccncc1[N+](=O)[O-]. The van der Waals surface area contributed by atoms with Gasteiger partial charge in [-0.1, -0.05) is 6.92 Å². The van der Waals surface area contributed by atoms with Crippen LogP contribution in [-0.2, 0) is 4.74 Å². The van der Waals surface area contributed by atoms with Gasteiger partial charge in [0.05, 0.1) is 28.8 Å². The zero-order valence-corrected chi connectivity index (χ0v) is 10.6. The fourth-order valence-corrected chi connectivity index (χ4v) is 2.35. The molecule has 7 heteroatoms. The highest BCUT2D eigenvalue weighted by Crippen LogP contribution is 2.39. The Morgan fingerprint density at radius 2 is 2.05 bits per heavy atom. The van der Waals surface area contributed by atoms with E-state index >= 15 is 0 Å². The average Bonchev–Trinajstić information content (AvgIpc) is 2.40. The van der Waals surface area contributed by atoms with E-state index < -0.39 is 35.3 Å². The molecule has 7 nitrogen and oxygen atoms in total. The van der Waals surface area contributed by atoms with E-state index in [1.165, 1.54) is 12.3 Å². The average molecular weight is 268 g/mol. The molecule has 1 aromatic rings. The van der Waals surface area contributed by atoms with Crippen LogP contribution in [-0.4, -0.2) is 38.4 Å². The zero-order valence-electron chi connectivity index (χ0n) is 10.6. The van der Waals surface area contributed by atoms with Crippen LogP contribution in [0.1, 0.15) is 25.5 Å². The molecule has 1 fully saturated rings. The van der Waals surface area contributed by atoms with Crippen LogP contribution in [0.5, 0.6) is 0 Å². The van der Waals surface area contributed by atoms with Gasteiger partial charge in [-0.05, 0) is 13.0 Å². The summed E-state index contributed by atoms with van der Waals surface area (Å²) >= 11 is 0. The second kappa shape index (κ2) is 5.20. The Bertz CT molecular complexity index is 481. The largest absolute Gasteiger partial charge is 0.390 e. The van der Waals surface area contributed by atoms with Crippen LogP contribution < -0.4 is 0 Å². The maximum atomic E-state index is 11.0. The van der Waals surface area contributed by atoms with Gasteiger partial charge in [-0.3, -0.25) is 15.1 Å². The van der Waals surface area contributed by atoms with Crippen LogP contribution in [0.2, 0.25) is 0 Å². The van der Waals surface area contributed by atoms with Gasteiger partial charge in [0.25, 0.3) is 5.69 Å². The fourth-order valence-electron chi connectivity index (χ4n) is 2.35. The van der Waals surface area contributed by atoms with Gasteiger partial charge >= 0.3 is 0 Å². The Morgan fingerprint density at radius 1 is 1.37 bits per heavy atom. The van der Waals surface area contributed by atoms with Crippen molar-refractivity contribution in [3.8, 4) is 0 Å². The molecule has 1 aliphatic rings. The summed E-state index contributed by atoms with van der Waals surface area (Å²) in [4.78, 5) is 14.2. The third-order valence-corrected chi connectivity index (χ3v) is 3.54. The van der Waals surface area contributed by atoms with Crippen molar-refractivity contribution in [2.45, 2.75) is 38.3 Å². The summed E-state index contributed by atoms with van der Waals surface area (Å²) in [6.45, 7) is 3.31. The lowest BCUT2D eigenvalue weighted by Gasteiger charge is -2.40. The Hall–Kier alpha value is -1.57. The van der Waals surface area contributed by atoms with E-state index in [0.717, 1.165) is 6.20 Å². The van der Waals surface area contributed by atoms with E-state index in [2.05, 4.69) is 4.98 Å². The van der Waals surface area contributed by atoms with Crippen molar-refractivity contribution in [3.05, 3.63) is 34.1 Å². The molecule has 0 aromatic carbocycles. The lowest BCUT2D eigenvalue weighted by Crippen LogP contribution is -2.49. The van der Waals surface area contributed by atoms with Crippen molar-refractivity contribution in [1.29, 1.82) is 0 Å². The Balaban J connectivity index is 2.39. The third-order valence-electron chi connectivity index (χ3n) is 3.54. The van der Waals surface area contributed by atoms with Crippen molar-refractivity contribution in [2.75, 3.05) is 0 Å². The van der Waals surface area contributed by atoms with Gasteiger partial charge in [0.15, 0.2) is 0 Å². The third kappa shape index (κ3) is 2.44. The molecule has 0 bridgehead atoms. The first kappa shape index (κ1) is 13.9. The lowest BCUT2D eigenvalue weighted by atomic mass is 9.85. The number of aliphatic hydroxyl groups is 2. The van der Waals surface area contributed by atoms with Gasteiger partial charge in [0.1, 0.15) is 12.3 Å². The fraction of sp³-hybridized carbons (Fsp3) is 0.583. The van der Waals surface area contributed by atoms with Crippen LogP contribution in [0.15, 0.2) is 18.5 Å². The molecule has 0 saturated carbocycles. The van der Waals surface area contributed by atoms with Gasteiger partial charge in [-0.15, -0.1) is 0 Å². The summed E-state index contributed by atoms with van der Waals surface area (Å²) in [5.41, 5.74) is 0.223. The number of aliphatic hydroxyl groups excluding tert-OH is 2. The van der Waals surface area contributed by atoms with Crippen molar-refractivity contribution < 1.29 is 19.9 Å². The van der Waals surface area contributed by atoms with E-state index in [4.69, 9.17) is 4.74 Å². The molecule has 0 radical (unpaired) electrons. The minimum absolute atomic E-state index is 0.143. The monoisotopic (exact) mass is 268 g/mol. The Kier molecular flexibility index (Phi) is 3.79. The summed E-state index contributed by atoms with van der Waals surface area (Å²) in [5.74, 6) is -0.452. The topological polar surface area (TPSA) is 106 Å². The first-order valence-electron chi connectivity index (χ1n) is 6.03. The number of rotatable bonds is 2. The van der Waals surface area contributed by atoms with Crippen molar-refractivity contribution >= 4 is 5.69 Å². The summed E-state index contributed by atoms with van der Waals surface area (Å²) < 4.78 is 5.62. The summed E-state index contributed by atoms with van der Waals surface area (Å²) in [6.07, 6.45) is -0.608. The van der Waals surface area contributed by atoms with E-state index in [-0.39, 0.29) is 5.69 Å². The Labute approximate surface area is 110 Å². The van der Waals surface area contributed by atoms with Crippen LogP contribution in [0.4, 0.5) is 5.69 Å². The molecule has 1 saturated heterocycles. The zero-order chi connectivity index (χ0) is 14.2. The molecule has 104 valence electrons. The standard InChI is InChI=1S/C12H16N2O5/c1-6-10(15)11(16)7(2)19-12(6)8-3-4-13-5-9(8)14(17)18/h3-7,10-12,15-16H,1-2H3/t6-,7+,10+,11-,12+/m0/s1. The molecule has 0 spiro atoms. The molecule has 1 aromatic heterocycles. The van der Waals surface area contributed by atoms with Gasteiger partial charge in [-0.2, -0.15) is 0 Å². The summed E-state index contributed by atoms with van der Waals surface area (Å²) in [5, 5.41) is 30.7. The number of nitrogens with zero attached hydrogens (tertiary/aromatic N) is 2. The lowest BCUT2D eigenvalue weighted by molar-refractivity contribution is -0.387. The molecule has 0 aliphatic carbocycles. The van der Waals surface area contributed by atoms with Crippen molar-refractivity contribution in [1.82, 2.24) is 4.98 Å².